The topological polar surface area (TPSA) is 50.4 Å². The number of amides is 1. The molecule has 1 aliphatic rings. The minimum absolute atomic E-state index is 0. The first-order valence-corrected chi connectivity index (χ1v) is 6.17. The van der Waals surface area contributed by atoms with Gasteiger partial charge in [0.1, 0.15) is 0 Å². The Morgan fingerprint density at radius 3 is 2.85 bits per heavy atom. The molecule has 1 unspecified atom stereocenters. The quantitative estimate of drug-likeness (QED) is 0.884. The lowest BCUT2D eigenvalue weighted by molar-refractivity contribution is -0.122. The van der Waals surface area contributed by atoms with Crippen LogP contribution in [0, 0.1) is 11.6 Å². The molecule has 1 amide bonds. The lowest BCUT2D eigenvalue weighted by atomic mass is 10.1. The molecule has 2 N–H and O–H groups in total. The fourth-order valence-corrected chi connectivity index (χ4v) is 1.90. The van der Waals surface area contributed by atoms with Gasteiger partial charge in [-0.15, -0.1) is 12.4 Å². The SMILES string of the molecule is Cl.O=C(CC1COCCN1)NCc1ccc(F)c(F)c1. The van der Waals surface area contributed by atoms with Gasteiger partial charge in [-0.05, 0) is 17.7 Å². The predicted octanol–water partition coefficient (Wildman–Crippen LogP) is 1.38. The number of ether oxygens (including phenoxy) is 1. The van der Waals surface area contributed by atoms with E-state index in [-0.39, 0.29) is 30.9 Å². The maximum atomic E-state index is 13.0. The molecule has 1 saturated heterocycles. The second-order valence-corrected chi connectivity index (χ2v) is 4.46. The largest absolute Gasteiger partial charge is 0.378 e. The van der Waals surface area contributed by atoms with Gasteiger partial charge in [-0.1, -0.05) is 6.07 Å². The summed E-state index contributed by atoms with van der Waals surface area (Å²) in [6.07, 6.45) is 0.309. The molecule has 0 spiro atoms. The minimum atomic E-state index is -0.908. The number of hydrogen-bond donors (Lipinski definition) is 2. The minimum Gasteiger partial charge on any atom is -0.378 e. The number of carbonyl (C=O) groups excluding carboxylic acids is 1. The number of halogens is 3. The Morgan fingerprint density at radius 1 is 1.40 bits per heavy atom. The lowest BCUT2D eigenvalue weighted by Gasteiger charge is -2.23. The van der Waals surface area contributed by atoms with Crippen molar-refractivity contribution in [3.63, 3.8) is 0 Å². The summed E-state index contributed by atoms with van der Waals surface area (Å²) in [6.45, 7) is 2.09. The highest BCUT2D eigenvalue weighted by Crippen LogP contribution is 2.08. The van der Waals surface area contributed by atoms with Gasteiger partial charge in [0.05, 0.1) is 13.2 Å². The number of carbonyl (C=O) groups is 1. The third-order valence-corrected chi connectivity index (χ3v) is 2.90. The highest BCUT2D eigenvalue weighted by atomic mass is 35.5. The predicted molar refractivity (Wildman–Crippen MR) is 72.7 cm³/mol. The number of morpholine rings is 1. The highest BCUT2D eigenvalue weighted by Gasteiger charge is 2.16. The summed E-state index contributed by atoms with van der Waals surface area (Å²) in [5.74, 6) is -1.94. The summed E-state index contributed by atoms with van der Waals surface area (Å²) < 4.78 is 30.9. The number of rotatable bonds is 4. The molecule has 1 fully saturated rings. The van der Waals surface area contributed by atoms with Gasteiger partial charge < -0.3 is 15.4 Å². The van der Waals surface area contributed by atoms with Gasteiger partial charge in [-0.2, -0.15) is 0 Å². The van der Waals surface area contributed by atoms with E-state index in [9.17, 15) is 13.6 Å². The van der Waals surface area contributed by atoms with Gasteiger partial charge in [0.25, 0.3) is 0 Å². The molecule has 0 aromatic heterocycles. The van der Waals surface area contributed by atoms with Crippen molar-refractivity contribution in [3.8, 4) is 0 Å². The smallest absolute Gasteiger partial charge is 0.221 e. The van der Waals surface area contributed by atoms with Crippen LogP contribution in [0.2, 0.25) is 0 Å². The van der Waals surface area contributed by atoms with Crippen LogP contribution in [-0.4, -0.2) is 31.7 Å². The van der Waals surface area contributed by atoms with Gasteiger partial charge in [-0.25, -0.2) is 8.78 Å². The van der Waals surface area contributed by atoms with Gasteiger partial charge in [0, 0.05) is 25.6 Å². The second kappa shape index (κ2) is 8.14. The van der Waals surface area contributed by atoms with Crippen LogP contribution in [-0.2, 0) is 16.1 Å². The summed E-state index contributed by atoms with van der Waals surface area (Å²) in [5.41, 5.74) is 0.528. The lowest BCUT2D eigenvalue weighted by Crippen LogP contribution is -2.44. The van der Waals surface area contributed by atoms with Crippen LogP contribution in [0.4, 0.5) is 8.78 Å². The highest BCUT2D eigenvalue weighted by molar-refractivity contribution is 5.85. The molecule has 1 heterocycles. The van der Waals surface area contributed by atoms with E-state index in [0.29, 0.717) is 25.2 Å². The van der Waals surface area contributed by atoms with Crippen molar-refractivity contribution >= 4 is 18.3 Å². The number of hydrogen-bond acceptors (Lipinski definition) is 3. The third-order valence-electron chi connectivity index (χ3n) is 2.90. The van der Waals surface area contributed by atoms with Crippen LogP contribution in [0.3, 0.4) is 0 Å². The van der Waals surface area contributed by atoms with Crippen LogP contribution < -0.4 is 10.6 Å². The van der Waals surface area contributed by atoms with Crippen molar-refractivity contribution in [3.05, 3.63) is 35.4 Å². The zero-order chi connectivity index (χ0) is 13.7. The Hall–Kier alpha value is -1.24. The molecule has 1 aromatic rings. The molecule has 0 radical (unpaired) electrons. The van der Waals surface area contributed by atoms with Crippen LogP contribution >= 0.6 is 12.4 Å². The molecule has 1 aromatic carbocycles. The first-order chi connectivity index (χ1) is 9.15. The molecule has 7 heteroatoms. The Morgan fingerprint density at radius 2 is 2.20 bits per heavy atom. The monoisotopic (exact) mass is 306 g/mol. The van der Waals surface area contributed by atoms with Crippen molar-refractivity contribution in [2.24, 2.45) is 0 Å². The van der Waals surface area contributed by atoms with E-state index in [1.165, 1.54) is 6.07 Å². The molecule has 0 aliphatic carbocycles. The van der Waals surface area contributed by atoms with E-state index < -0.39 is 11.6 Å². The molecular formula is C13H17ClF2N2O2. The number of nitrogens with one attached hydrogen (secondary N) is 2. The van der Waals surface area contributed by atoms with Crippen LogP contribution in [0.5, 0.6) is 0 Å². The van der Waals surface area contributed by atoms with E-state index in [2.05, 4.69) is 10.6 Å². The Labute approximate surface area is 122 Å². The van der Waals surface area contributed by atoms with E-state index in [1.54, 1.807) is 0 Å². The molecular weight excluding hydrogens is 290 g/mol. The summed E-state index contributed by atoms with van der Waals surface area (Å²) in [4.78, 5) is 11.7. The van der Waals surface area contributed by atoms with E-state index in [0.717, 1.165) is 18.7 Å². The number of benzene rings is 1. The van der Waals surface area contributed by atoms with Crippen molar-refractivity contribution in [1.82, 2.24) is 10.6 Å². The first-order valence-electron chi connectivity index (χ1n) is 6.17. The van der Waals surface area contributed by atoms with Crippen LogP contribution in [0.25, 0.3) is 0 Å². The summed E-state index contributed by atoms with van der Waals surface area (Å²) >= 11 is 0. The fraction of sp³-hybridized carbons (Fsp3) is 0.462. The van der Waals surface area contributed by atoms with Gasteiger partial charge in [0.2, 0.25) is 5.91 Å². The van der Waals surface area contributed by atoms with E-state index in [4.69, 9.17) is 4.74 Å². The first kappa shape index (κ1) is 16.8. The average Bonchev–Trinajstić information content (AvgIpc) is 2.41. The maximum absolute atomic E-state index is 13.0. The van der Waals surface area contributed by atoms with Crippen LogP contribution in [0.15, 0.2) is 18.2 Å². The maximum Gasteiger partial charge on any atom is 0.221 e. The summed E-state index contributed by atoms with van der Waals surface area (Å²) in [5, 5.41) is 5.84. The zero-order valence-electron chi connectivity index (χ0n) is 10.8. The molecule has 0 saturated carbocycles. The Balaban J connectivity index is 0.00000200. The van der Waals surface area contributed by atoms with Gasteiger partial charge >= 0.3 is 0 Å². The zero-order valence-corrected chi connectivity index (χ0v) is 11.6. The molecule has 2 rings (SSSR count). The second-order valence-electron chi connectivity index (χ2n) is 4.46. The van der Waals surface area contributed by atoms with E-state index in [1.807, 2.05) is 0 Å². The Bertz CT molecular complexity index is 454. The molecule has 0 bridgehead atoms. The standard InChI is InChI=1S/C13H16F2N2O2.ClH/c14-11-2-1-9(5-12(11)15)7-17-13(18)6-10-8-19-4-3-16-10;/h1-2,5,10,16H,3-4,6-8H2,(H,17,18);1H. The summed E-state index contributed by atoms with van der Waals surface area (Å²) in [7, 11) is 0. The summed E-state index contributed by atoms with van der Waals surface area (Å²) in [6, 6.07) is 3.59. The van der Waals surface area contributed by atoms with Crippen molar-refractivity contribution in [2.45, 2.75) is 19.0 Å². The third kappa shape index (κ3) is 5.03. The van der Waals surface area contributed by atoms with Gasteiger partial charge in [0.15, 0.2) is 11.6 Å². The fourth-order valence-electron chi connectivity index (χ4n) is 1.90. The average molecular weight is 307 g/mol. The Kier molecular flexibility index (Phi) is 6.84. The van der Waals surface area contributed by atoms with Crippen molar-refractivity contribution < 1.29 is 18.3 Å². The van der Waals surface area contributed by atoms with Crippen molar-refractivity contribution in [2.75, 3.05) is 19.8 Å². The molecule has 20 heavy (non-hydrogen) atoms. The van der Waals surface area contributed by atoms with Crippen LogP contribution in [0.1, 0.15) is 12.0 Å². The van der Waals surface area contributed by atoms with E-state index >= 15 is 0 Å². The molecule has 4 nitrogen and oxygen atoms in total. The van der Waals surface area contributed by atoms with Gasteiger partial charge in [-0.3, -0.25) is 4.79 Å². The molecule has 1 atom stereocenters. The molecule has 112 valence electrons. The normalized spacial score (nSPS) is 18.2. The van der Waals surface area contributed by atoms with Crippen molar-refractivity contribution in [1.29, 1.82) is 0 Å². The molecule has 1 aliphatic heterocycles.